The van der Waals surface area contributed by atoms with Crippen LogP contribution in [0.2, 0.25) is 0 Å². The zero-order chi connectivity index (χ0) is 16.5. The predicted octanol–water partition coefficient (Wildman–Crippen LogP) is 4.41. The van der Waals surface area contributed by atoms with Gasteiger partial charge in [-0.05, 0) is 42.6 Å². The van der Waals surface area contributed by atoms with Crippen molar-refractivity contribution in [2.75, 3.05) is 13.3 Å². The van der Waals surface area contributed by atoms with Crippen LogP contribution in [0.15, 0.2) is 66.9 Å². The number of hydrogen-bond donors (Lipinski definition) is 0. The van der Waals surface area contributed by atoms with Crippen molar-refractivity contribution in [2.45, 2.75) is 6.92 Å². The molecule has 0 bridgehead atoms. The minimum atomic E-state index is 0. The number of pyridine rings is 1. The third kappa shape index (κ3) is 6.54. The second-order valence-corrected chi connectivity index (χ2v) is 7.12. The van der Waals surface area contributed by atoms with Crippen molar-refractivity contribution in [1.29, 1.82) is 0 Å². The molecular formula is C20H22IrNP2-. The Balaban J connectivity index is 0.000000238. The first-order chi connectivity index (χ1) is 11.2. The molecule has 2 atom stereocenters. The molecule has 0 aliphatic rings. The summed E-state index contributed by atoms with van der Waals surface area (Å²) in [5, 5.41) is 3.06. The zero-order valence-corrected chi connectivity index (χ0v) is 18.5. The fourth-order valence-electron chi connectivity index (χ4n) is 2.16. The van der Waals surface area contributed by atoms with Gasteiger partial charge in [-0.3, -0.25) is 0 Å². The summed E-state index contributed by atoms with van der Waals surface area (Å²) < 4.78 is 0. The van der Waals surface area contributed by atoms with E-state index in [0.717, 1.165) is 28.4 Å². The molecule has 1 aromatic heterocycles. The molecule has 0 saturated heterocycles. The normalized spacial score (nSPS) is 10.5. The predicted molar refractivity (Wildman–Crippen MR) is 107 cm³/mol. The Bertz CT molecular complexity index is 709. The molecule has 0 N–H and O–H groups in total. The molecule has 0 saturated carbocycles. The van der Waals surface area contributed by atoms with Crippen molar-refractivity contribution >= 4 is 27.8 Å². The average Bonchev–Trinajstić information content (AvgIpc) is 2.63. The fourth-order valence-corrected chi connectivity index (χ4v) is 4.14. The van der Waals surface area contributed by atoms with Gasteiger partial charge in [-0.1, -0.05) is 53.1 Å². The van der Waals surface area contributed by atoms with Crippen LogP contribution in [0.3, 0.4) is 0 Å². The van der Waals surface area contributed by atoms with E-state index < -0.39 is 0 Å². The third-order valence-corrected chi connectivity index (χ3v) is 5.57. The Morgan fingerprint density at radius 1 is 0.875 bits per heavy atom. The van der Waals surface area contributed by atoms with Gasteiger partial charge in [-0.2, -0.15) is 0 Å². The van der Waals surface area contributed by atoms with E-state index in [4.69, 9.17) is 0 Å². The molecule has 127 valence electrons. The van der Waals surface area contributed by atoms with Gasteiger partial charge in [0.25, 0.3) is 0 Å². The second kappa shape index (κ2) is 11.6. The number of aryl methyl sites for hydroxylation is 1. The molecule has 0 aliphatic carbocycles. The van der Waals surface area contributed by atoms with E-state index in [-0.39, 0.29) is 20.1 Å². The summed E-state index contributed by atoms with van der Waals surface area (Å²) in [6.07, 6.45) is 1.82. The van der Waals surface area contributed by atoms with Crippen molar-refractivity contribution in [3.05, 3.63) is 78.5 Å². The topological polar surface area (TPSA) is 12.9 Å². The number of benzene rings is 2. The monoisotopic (exact) mass is 531 g/mol. The number of aromatic nitrogens is 1. The van der Waals surface area contributed by atoms with E-state index in [9.17, 15) is 0 Å². The summed E-state index contributed by atoms with van der Waals surface area (Å²) >= 11 is 0. The van der Waals surface area contributed by atoms with Crippen LogP contribution in [0.5, 0.6) is 0 Å². The molecule has 24 heavy (non-hydrogen) atoms. The van der Waals surface area contributed by atoms with Crippen molar-refractivity contribution in [2.24, 2.45) is 0 Å². The van der Waals surface area contributed by atoms with Crippen LogP contribution in [0.25, 0.3) is 11.3 Å². The smallest absolute Gasteiger partial charge is 0.0163 e. The molecule has 0 aliphatic heterocycles. The summed E-state index contributed by atoms with van der Waals surface area (Å²) in [5.41, 5.74) is 3.26. The quantitative estimate of drug-likeness (QED) is 0.361. The Labute approximate surface area is 162 Å². The van der Waals surface area contributed by atoms with E-state index in [2.05, 4.69) is 61.6 Å². The van der Waals surface area contributed by atoms with Gasteiger partial charge in [0.2, 0.25) is 0 Å². The molecule has 4 heteroatoms. The maximum Gasteiger partial charge on any atom is 0.0163 e. The van der Waals surface area contributed by atoms with Crippen LogP contribution in [-0.2, 0) is 20.1 Å². The molecule has 2 aromatic carbocycles. The minimum Gasteiger partial charge on any atom is -0.305 e. The summed E-state index contributed by atoms with van der Waals surface area (Å²) in [6.45, 7) is 6.53. The molecular weight excluding hydrogens is 508 g/mol. The molecule has 3 rings (SSSR count). The molecule has 0 spiro atoms. The van der Waals surface area contributed by atoms with Gasteiger partial charge in [-0.25, -0.2) is 0 Å². The number of rotatable bonds is 3. The first kappa shape index (κ1) is 21.1. The Morgan fingerprint density at radius 3 is 2.00 bits per heavy atom. The van der Waals surface area contributed by atoms with Gasteiger partial charge in [0, 0.05) is 26.3 Å². The van der Waals surface area contributed by atoms with Crippen molar-refractivity contribution in [3.8, 4) is 11.3 Å². The molecule has 2 unspecified atom stereocenters. The van der Waals surface area contributed by atoms with Crippen molar-refractivity contribution in [3.63, 3.8) is 0 Å². The molecule has 3 aromatic rings. The molecule has 1 heterocycles. The largest absolute Gasteiger partial charge is 0.305 e. The Hall–Kier alpha value is -0.901. The molecule has 0 amide bonds. The van der Waals surface area contributed by atoms with E-state index in [1.165, 1.54) is 16.2 Å². The van der Waals surface area contributed by atoms with Crippen molar-refractivity contribution < 1.29 is 20.1 Å². The fraction of sp³-hybridized carbons (Fsp3) is 0.150. The van der Waals surface area contributed by atoms with Crippen LogP contribution >= 0.6 is 17.2 Å². The SMILES string of the molecule is CPc1ccccc1PC.Cc1ccnc(-c2[c-]cccc2)c1.[Ir]. The Morgan fingerprint density at radius 2 is 1.50 bits per heavy atom. The van der Waals surface area contributed by atoms with Gasteiger partial charge >= 0.3 is 0 Å². The van der Waals surface area contributed by atoms with E-state index >= 15 is 0 Å². The second-order valence-electron chi connectivity index (χ2n) is 5.04. The van der Waals surface area contributed by atoms with E-state index in [0.29, 0.717) is 0 Å². The molecule has 0 fully saturated rings. The van der Waals surface area contributed by atoms with Gasteiger partial charge in [0.05, 0.1) is 0 Å². The van der Waals surface area contributed by atoms with E-state index in [1.807, 2.05) is 36.5 Å². The summed E-state index contributed by atoms with van der Waals surface area (Å²) in [6, 6.07) is 23.8. The summed E-state index contributed by atoms with van der Waals surface area (Å²) in [4.78, 5) is 4.28. The van der Waals surface area contributed by atoms with E-state index in [1.54, 1.807) is 0 Å². The van der Waals surface area contributed by atoms with Crippen LogP contribution in [0.1, 0.15) is 5.56 Å². The van der Waals surface area contributed by atoms with Gasteiger partial charge in [0.15, 0.2) is 0 Å². The van der Waals surface area contributed by atoms with Gasteiger partial charge < -0.3 is 4.98 Å². The standard InChI is InChI=1S/C12H10N.C8H12P2.Ir/c1-10-7-8-13-12(9-10)11-5-3-2-4-6-11;1-9-7-5-3-4-6-8(7)10-2;/h2-5,7-9H,1H3;3-6,9-10H,1-2H3;/q-1;;. The van der Waals surface area contributed by atoms with Crippen LogP contribution in [0.4, 0.5) is 0 Å². The molecule has 1 radical (unpaired) electrons. The first-order valence-electron chi connectivity index (χ1n) is 7.59. The van der Waals surface area contributed by atoms with Crippen molar-refractivity contribution in [1.82, 2.24) is 4.98 Å². The number of nitrogens with zero attached hydrogens (tertiary/aromatic N) is 1. The van der Waals surface area contributed by atoms with Crippen LogP contribution < -0.4 is 10.6 Å². The minimum absolute atomic E-state index is 0. The zero-order valence-electron chi connectivity index (χ0n) is 14.1. The summed E-state index contributed by atoms with van der Waals surface area (Å²) in [7, 11) is 1.89. The third-order valence-electron chi connectivity index (χ3n) is 3.37. The maximum atomic E-state index is 4.28. The first-order valence-corrected chi connectivity index (χ1v) is 10.6. The number of hydrogen-bond acceptors (Lipinski definition) is 1. The van der Waals surface area contributed by atoms with Crippen LogP contribution in [0, 0.1) is 13.0 Å². The Kier molecular flexibility index (Phi) is 10.2. The van der Waals surface area contributed by atoms with Crippen LogP contribution in [-0.4, -0.2) is 18.3 Å². The van der Waals surface area contributed by atoms with Gasteiger partial charge in [-0.15, -0.1) is 35.9 Å². The molecule has 1 nitrogen and oxygen atoms in total. The average molecular weight is 531 g/mol. The van der Waals surface area contributed by atoms with Gasteiger partial charge in [0.1, 0.15) is 0 Å². The maximum absolute atomic E-state index is 4.28. The summed E-state index contributed by atoms with van der Waals surface area (Å²) in [5.74, 6) is 0.